The largest absolute Gasteiger partial charge is 0.484 e. The molecule has 0 bridgehead atoms. The van der Waals surface area contributed by atoms with Gasteiger partial charge in [-0.3, -0.25) is 9.59 Å². The summed E-state index contributed by atoms with van der Waals surface area (Å²) in [5.74, 6) is 0.700. The first-order valence-corrected chi connectivity index (χ1v) is 8.48. The fourth-order valence-electron chi connectivity index (χ4n) is 3.33. The number of likely N-dealkylation sites (tertiary alicyclic amines) is 1. The van der Waals surface area contributed by atoms with Gasteiger partial charge < -0.3 is 19.3 Å². The predicted molar refractivity (Wildman–Crippen MR) is 93.1 cm³/mol. The minimum atomic E-state index is -0.305. The molecule has 134 valence electrons. The lowest BCUT2D eigenvalue weighted by Gasteiger charge is -2.24. The van der Waals surface area contributed by atoms with E-state index in [9.17, 15) is 9.59 Å². The van der Waals surface area contributed by atoms with Crippen LogP contribution in [0.15, 0.2) is 48.7 Å². The molecule has 1 fully saturated rings. The van der Waals surface area contributed by atoms with Crippen molar-refractivity contribution in [3.63, 3.8) is 0 Å². The Morgan fingerprint density at radius 1 is 1.23 bits per heavy atom. The molecule has 2 unspecified atom stereocenters. The molecule has 0 aliphatic carbocycles. The van der Waals surface area contributed by atoms with Crippen molar-refractivity contribution in [2.24, 2.45) is 0 Å². The molecule has 1 aromatic carbocycles. The van der Waals surface area contributed by atoms with E-state index in [1.807, 2.05) is 18.2 Å². The summed E-state index contributed by atoms with van der Waals surface area (Å²) in [6.45, 7) is 0.767. The van der Waals surface area contributed by atoms with E-state index in [0.717, 1.165) is 0 Å². The van der Waals surface area contributed by atoms with E-state index in [0.29, 0.717) is 30.3 Å². The molecule has 7 heteroatoms. The first-order valence-electron chi connectivity index (χ1n) is 8.48. The van der Waals surface area contributed by atoms with E-state index in [1.165, 1.54) is 0 Å². The number of likely N-dealkylation sites (N-methyl/N-ethyl adjacent to an activating group) is 1. The van der Waals surface area contributed by atoms with Crippen LogP contribution in [0, 0.1) is 0 Å². The number of hydrogen-bond donors (Lipinski definition) is 0. The number of amides is 2. The number of benzene rings is 1. The van der Waals surface area contributed by atoms with E-state index in [2.05, 4.69) is 4.98 Å². The van der Waals surface area contributed by atoms with Crippen LogP contribution < -0.4 is 9.47 Å². The van der Waals surface area contributed by atoms with Crippen LogP contribution >= 0.6 is 0 Å². The zero-order valence-electron chi connectivity index (χ0n) is 14.4. The van der Waals surface area contributed by atoms with E-state index in [1.54, 1.807) is 47.3 Å². The Morgan fingerprint density at radius 3 is 2.85 bits per heavy atom. The van der Waals surface area contributed by atoms with Crippen molar-refractivity contribution in [1.29, 1.82) is 0 Å². The van der Waals surface area contributed by atoms with Crippen LogP contribution in [0.3, 0.4) is 0 Å². The lowest BCUT2D eigenvalue weighted by atomic mass is 10.2. The Morgan fingerprint density at radius 2 is 2.04 bits per heavy atom. The van der Waals surface area contributed by atoms with Crippen LogP contribution in [0.2, 0.25) is 0 Å². The highest BCUT2D eigenvalue weighted by molar-refractivity contribution is 5.97. The van der Waals surface area contributed by atoms with Gasteiger partial charge in [0.05, 0.1) is 12.6 Å². The first kappa shape index (κ1) is 16.4. The molecule has 3 heterocycles. The van der Waals surface area contributed by atoms with Crippen molar-refractivity contribution in [3.05, 3.63) is 54.2 Å². The SMILES string of the molecule is CN1C(=O)c2cccnc2OC2CN(C(=O)COc3ccccc3)CC21. The van der Waals surface area contributed by atoms with Gasteiger partial charge in [-0.15, -0.1) is 0 Å². The van der Waals surface area contributed by atoms with Gasteiger partial charge in [-0.05, 0) is 24.3 Å². The van der Waals surface area contributed by atoms with Crippen molar-refractivity contribution in [3.8, 4) is 11.6 Å². The molecule has 4 rings (SSSR count). The summed E-state index contributed by atoms with van der Waals surface area (Å²) in [7, 11) is 1.74. The second kappa shape index (κ2) is 6.67. The molecular formula is C19H19N3O4. The number of ether oxygens (including phenoxy) is 2. The molecule has 2 atom stereocenters. The van der Waals surface area contributed by atoms with Gasteiger partial charge >= 0.3 is 0 Å². The molecule has 2 aliphatic rings. The summed E-state index contributed by atoms with van der Waals surface area (Å²) in [5.41, 5.74) is 0.453. The second-order valence-electron chi connectivity index (χ2n) is 6.40. The van der Waals surface area contributed by atoms with Crippen molar-refractivity contribution in [2.75, 3.05) is 26.7 Å². The van der Waals surface area contributed by atoms with Crippen LogP contribution in [-0.2, 0) is 4.79 Å². The predicted octanol–water partition coefficient (Wildman–Crippen LogP) is 1.20. The monoisotopic (exact) mass is 353 g/mol. The van der Waals surface area contributed by atoms with Crippen LogP contribution in [0.5, 0.6) is 11.6 Å². The fraction of sp³-hybridized carbons (Fsp3) is 0.316. The van der Waals surface area contributed by atoms with E-state index >= 15 is 0 Å². The van der Waals surface area contributed by atoms with Crippen molar-refractivity contribution in [1.82, 2.24) is 14.8 Å². The number of carbonyl (C=O) groups excluding carboxylic acids is 2. The number of carbonyl (C=O) groups is 2. The number of para-hydroxylation sites is 1. The summed E-state index contributed by atoms with van der Waals surface area (Å²) < 4.78 is 11.5. The van der Waals surface area contributed by atoms with Gasteiger partial charge in [0.1, 0.15) is 17.4 Å². The first-order chi connectivity index (χ1) is 12.6. The number of pyridine rings is 1. The van der Waals surface area contributed by atoms with Crippen LogP contribution in [0.4, 0.5) is 0 Å². The minimum Gasteiger partial charge on any atom is -0.484 e. The Bertz CT molecular complexity index is 827. The van der Waals surface area contributed by atoms with Crippen LogP contribution in [-0.4, -0.2) is 65.5 Å². The zero-order chi connectivity index (χ0) is 18.1. The third-order valence-electron chi connectivity index (χ3n) is 4.78. The molecule has 0 radical (unpaired) electrons. The standard InChI is InChI=1S/C19H19N3O4/c1-21-15-10-22(17(23)12-25-13-6-3-2-4-7-13)11-16(15)26-18-14(19(21)24)8-5-9-20-18/h2-9,15-16H,10-12H2,1H3. The van der Waals surface area contributed by atoms with Crippen LogP contribution in [0.25, 0.3) is 0 Å². The molecule has 0 N–H and O–H groups in total. The normalized spacial score (nSPS) is 21.5. The molecule has 2 aromatic rings. The molecule has 2 aliphatic heterocycles. The minimum absolute atomic E-state index is 0.0457. The Labute approximate surface area is 151 Å². The fourth-order valence-corrected chi connectivity index (χ4v) is 3.33. The molecular weight excluding hydrogens is 334 g/mol. The molecule has 7 nitrogen and oxygen atoms in total. The van der Waals surface area contributed by atoms with Gasteiger partial charge in [-0.1, -0.05) is 18.2 Å². The maximum atomic E-state index is 12.6. The quantitative estimate of drug-likeness (QED) is 0.829. The Kier molecular flexibility index (Phi) is 4.20. The molecule has 26 heavy (non-hydrogen) atoms. The summed E-state index contributed by atoms with van der Waals surface area (Å²) in [6.07, 6.45) is 1.29. The highest BCUT2D eigenvalue weighted by Crippen LogP contribution is 2.28. The molecule has 0 saturated carbocycles. The molecule has 1 saturated heterocycles. The van der Waals surface area contributed by atoms with Gasteiger partial charge in [0.2, 0.25) is 5.88 Å². The highest BCUT2D eigenvalue weighted by Gasteiger charge is 2.44. The second-order valence-corrected chi connectivity index (χ2v) is 6.40. The van der Waals surface area contributed by atoms with Crippen molar-refractivity contribution < 1.29 is 19.1 Å². The van der Waals surface area contributed by atoms with Crippen molar-refractivity contribution >= 4 is 11.8 Å². The summed E-state index contributed by atoms with van der Waals surface area (Å²) in [5, 5.41) is 0. The lowest BCUT2D eigenvalue weighted by molar-refractivity contribution is -0.132. The van der Waals surface area contributed by atoms with E-state index in [-0.39, 0.29) is 30.6 Å². The highest BCUT2D eigenvalue weighted by atomic mass is 16.5. The Hall–Kier alpha value is -3.09. The van der Waals surface area contributed by atoms with E-state index in [4.69, 9.17) is 9.47 Å². The third kappa shape index (κ3) is 2.96. The average molecular weight is 353 g/mol. The van der Waals surface area contributed by atoms with Gasteiger partial charge in [0.25, 0.3) is 11.8 Å². The van der Waals surface area contributed by atoms with Gasteiger partial charge in [0.15, 0.2) is 6.61 Å². The zero-order valence-corrected chi connectivity index (χ0v) is 14.4. The number of nitrogens with zero attached hydrogens (tertiary/aromatic N) is 3. The smallest absolute Gasteiger partial charge is 0.260 e. The van der Waals surface area contributed by atoms with Gasteiger partial charge in [-0.25, -0.2) is 4.98 Å². The third-order valence-corrected chi connectivity index (χ3v) is 4.78. The molecule has 2 amide bonds. The summed E-state index contributed by atoms with van der Waals surface area (Å²) in [4.78, 5) is 32.6. The number of rotatable bonds is 3. The maximum absolute atomic E-state index is 12.6. The summed E-state index contributed by atoms with van der Waals surface area (Å²) in [6, 6.07) is 12.4. The van der Waals surface area contributed by atoms with Gasteiger partial charge in [0, 0.05) is 19.8 Å². The number of aromatic nitrogens is 1. The maximum Gasteiger partial charge on any atom is 0.260 e. The number of hydrogen-bond acceptors (Lipinski definition) is 5. The molecule has 1 aromatic heterocycles. The lowest BCUT2D eigenvalue weighted by Crippen LogP contribution is -2.44. The molecule has 0 spiro atoms. The average Bonchev–Trinajstić information content (AvgIpc) is 3.06. The topological polar surface area (TPSA) is 72.0 Å². The van der Waals surface area contributed by atoms with Gasteiger partial charge in [-0.2, -0.15) is 0 Å². The van der Waals surface area contributed by atoms with Crippen LogP contribution in [0.1, 0.15) is 10.4 Å². The van der Waals surface area contributed by atoms with Crippen molar-refractivity contribution in [2.45, 2.75) is 12.1 Å². The Balaban J connectivity index is 1.46. The number of fused-ring (bicyclic) bond motifs is 2. The van der Waals surface area contributed by atoms with E-state index < -0.39 is 0 Å². The summed E-state index contributed by atoms with van der Waals surface area (Å²) >= 11 is 0.